The van der Waals surface area contributed by atoms with Gasteiger partial charge in [-0.25, -0.2) is 0 Å². The van der Waals surface area contributed by atoms with Crippen molar-refractivity contribution in [2.75, 3.05) is 0 Å². The highest BCUT2D eigenvalue weighted by molar-refractivity contribution is 4.59. The third kappa shape index (κ3) is 9.74. The summed E-state index contributed by atoms with van der Waals surface area (Å²) in [5, 5.41) is 0. The van der Waals surface area contributed by atoms with E-state index in [2.05, 4.69) is 20.1 Å². The van der Waals surface area contributed by atoms with Crippen molar-refractivity contribution >= 4 is 0 Å². The van der Waals surface area contributed by atoms with Crippen LogP contribution in [0.5, 0.6) is 0 Å². The topological polar surface area (TPSA) is 0 Å². The minimum atomic E-state index is 1.04. The summed E-state index contributed by atoms with van der Waals surface area (Å²) in [6.45, 7) is 12.4. The van der Waals surface area contributed by atoms with Crippen molar-refractivity contribution in [3.8, 4) is 0 Å². The number of hydrogen-bond donors (Lipinski definition) is 0. The summed E-state index contributed by atoms with van der Waals surface area (Å²) in [5.41, 5.74) is 0. The normalized spacial score (nSPS) is 17.0. The van der Waals surface area contributed by atoms with Gasteiger partial charge in [0.1, 0.15) is 0 Å². The second kappa shape index (κ2) is 12.4. The second-order valence-electron chi connectivity index (χ2n) is 2.74. The average molecular weight is 156 g/mol. The maximum atomic E-state index is 3.00. The van der Waals surface area contributed by atoms with Gasteiger partial charge in [-0.15, -0.1) is 13.2 Å². The molecule has 0 amide bonds. The van der Waals surface area contributed by atoms with Crippen LogP contribution < -0.4 is 0 Å². The highest BCUT2D eigenvalue weighted by Crippen LogP contribution is 2.21. The van der Waals surface area contributed by atoms with Gasteiger partial charge in [0.25, 0.3) is 0 Å². The predicted octanol–water partition coefficient (Wildman–Crippen LogP) is 4.42. The summed E-state index contributed by atoms with van der Waals surface area (Å²) in [4.78, 5) is 0. The van der Waals surface area contributed by atoms with Crippen LogP contribution in [0.4, 0.5) is 0 Å². The van der Waals surface area contributed by atoms with Crippen molar-refractivity contribution in [3.05, 3.63) is 13.2 Å². The molecule has 0 aromatic rings. The Morgan fingerprint density at radius 1 is 0.909 bits per heavy atom. The summed E-state index contributed by atoms with van der Waals surface area (Å²) in [5.74, 6) is 1.04. The predicted molar refractivity (Wildman–Crippen MR) is 54.9 cm³/mol. The van der Waals surface area contributed by atoms with Gasteiger partial charge >= 0.3 is 0 Å². The summed E-state index contributed by atoms with van der Waals surface area (Å²) in [6, 6.07) is 0. The lowest BCUT2D eigenvalue weighted by Gasteiger charge is -2.15. The van der Waals surface area contributed by atoms with Gasteiger partial charge in [0.2, 0.25) is 0 Å². The van der Waals surface area contributed by atoms with Crippen LogP contribution in [0.25, 0.3) is 0 Å². The van der Waals surface area contributed by atoms with Gasteiger partial charge in [0.15, 0.2) is 0 Å². The van der Waals surface area contributed by atoms with Crippen LogP contribution in [0.1, 0.15) is 52.9 Å². The van der Waals surface area contributed by atoms with Gasteiger partial charge in [-0.05, 0) is 5.92 Å². The van der Waals surface area contributed by atoms with E-state index in [-0.39, 0.29) is 0 Å². The zero-order valence-electron chi connectivity index (χ0n) is 8.53. The van der Waals surface area contributed by atoms with E-state index in [0.717, 1.165) is 5.92 Å². The molecule has 68 valence electrons. The maximum Gasteiger partial charge on any atom is -0.0443 e. The summed E-state index contributed by atoms with van der Waals surface area (Å²) in [6.07, 6.45) is 7.44. The Morgan fingerprint density at radius 2 is 1.27 bits per heavy atom. The quantitative estimate of drug-likeness (QED) is 0.456. The lowest BCUT2D eigenvalue weighted by Crippen LogP contribution is -1.99. The van der Waals surface area contributed by atoms with Crippen LogP contribution in [0.3, 0.4) is 0 Å². The van der Waals surface area contributed by atoms with Gasteiger partial charge < -0.3 is 0 Å². The smallest absolute Gasteiger partial charge is 0.0443 e. The van der Waals surface area contributed by atoms with Crippen LogP contribution in [-0.2, 0) is 0 Å². The van der Waals surface area contributed by atoms with E-state index in [0.29, 0.717) is 0 Å². The fourth-order valence-electron chi connectivity index (χ4n) is 1.31. The van der Waals surface area contributed by atoms with E-state index >= 15 is 0 Å². The third-order valence-corrected chi connectivity index (χ3v) is 1.89. The molecule has 1 aliphatic rings. The monoisotopic (exact) mass is 156 g/mol. The lowest BCUT2D eigenvalue weighted by atomic mass is 9.91. The van der Waals surface area contributed by atoms with E-state index < -0.39 is 0 Å². The van der Waals surface area contributed by atoms with Crippen LogP contribution in [-0.4, -0.2) is 0 Å². The van der Waals surface area contributed by atoms with Gasteiger partial charge in [-0.3, -0.25) is 0 Å². The Balaban J connectivity index is 0. The van der Waals surface area contributed by atoms with E-state index in [1.807, 2.05) is 13.8 Å². The molecule has 0 aliphatic heterocycles. The largest absolute Gasteiger partial charge is 0.106 e. The highest BCUT2D eigenvalue weighted by Gasteiger charge is 2.05. The van der Waals surface area contributed by atoms with Crippen molar-refractivity contribution in [2.24, 2.45) is 5.92 Å². The molecule has 0 nitrogen and oxygen atoms in total. The van der Waals surface area contributed by atoms with Crippen LogP contribution in [0.2, 0.25) is 0 Å². The maximum absolute atomic E-state index is 3.00. The second-order valence-corrected chi connectivity index (χ2v) is 2.74. The molecule has 1 fully saturated rings. The molecule has 0 spiro atoms. The van der Waals surface area contributed by atoms with Crippen LogP contribution in [0, 0.1) is 5.92 Å². The number of hydrogen-bond acceptors (Lipinski definition) is 0. The standard InChI is InChI=1S/C7H14.C2H6.C2H4/c1-7-5-3-2-4-6-7;2*1-2/h7H,2-6H2,1H3;1-2H3;1-2H2. The first-order chi connectivity index (χ1) is 5.39. The van der Waals surface area contributed by atoms with Gasteiger partial charge in [-0.1, -0.05) is 52.9 Å². The van der Waals surface area contributed by atoms with Gasteiger partial charge in [0, 0.05) is 0 Å². The Labute approximate surface area is 72.7 Å². The van der Waals surface area contributed by atoms with Gasteiger partial charge in [-0.2, -0.15) is 0 Å². The summed E-state index contributed by atoms with van der Waals surface area (Å²) in [7, 11) is 0. The molecule has 0 atom stereocenters. The zero-order valence-corrected chi connectivity index (χ0v) is 8.53. The fraction of sp³-hybridized carbons (Fsp3) is 0.818. The van der Waals surface area contributed by atoms with Crippen molar-refractivity contribution in [1.82, 2.24) is 0 Å². The van der Waals surface area contributed by atoms with Crippen molar-refractivity contribution in [3.63, 3.8) is 0 Å². The fourth-order valence-corrected chi connectivity index (χ4v) is 1.31. The molecule has 11 heavy (non-hydrogen) atoms. The molecule has 1 rings (SSSR count). The van der Waals surface area contributed by atoms with Crippen molar-refractivity contribution < 1.29 is 0 Å². The minimum Gasteiger partial charge on any atom is -0.106 e. The Morgan fingerprint density at radius 3 is 1.45 bits per heavy atom. The average Bonchev–Trinajstić information content (AvgIpc) is 2.13. The molecule has 0 saturated heterocycles. The molecule has 0 aromatic heterocycles. The van der Waals surface area contributed by atoms with Crippen molar-refractivity contribution in [2.45, 2.75) is 52.9 Å². The van der Waals surface area contributed by atoms with Crippen molar-refractivity contribution in [1.29, 1.82) is 0 Å². The first-order valence-electron chi connectivity index (χ1n) is 4.89. The first kappa shape index (κ1) is 13.3. The third-order valence-electron chi connectivity index (χ3n) is 1.89. The molecule has 0 aromatic carbocycles. The summed E-state index contributed by atoms with van der Waals surface area (Å²) >= 11 is 0. The molecule has 0 heteroatoms. The molecule has 0 radical (unpaired) electrons. The molecule has 0 bridgehead atoms. The van der Waals surface area contributed by atoms with Crippen LogP contribution >= 0.6 is 0 Å². The Kier molecular flexibility index (Phi) is 15.1. The van der Waals surface area contributed by atoms with E-state index in [1.165, 1.54) is 32.1 Å². The van der Waals surface area contributed by atoms with E-state index in [1.54, 1.807) is 0 Å². The van der Waals surface area contributed by atoms with E-state index in [9.17, 15) is 0 Å². The highest BCUT2D eigenvalue weighted by atomic mass is 14.1. The SMILES string of the molecule is C=C.CC.CC1CCCCC1. The lowest BCUT2D eigenvalue weighted by molar-refractivity contribution is 0.385. The summed E-state index contributed by atoms with van der Waals surface area (Å²) < 4.78 is 0. The zero-order chi connectivity index (χ0) is 9.11. The Bertz CT molecular complexity index is 51.1. The molecule has 1 aliphatic carbocycles. The molecular formula is C11H24. The number of rotatable bonds is 0. The molecule has 0 unspecified atom stereocenters. The molecule has 0 heterocycles. The molecule has 1 saturated carbocycles. The van der Waals surface area contributed by atoms with Crippen LogP contribution in [0.15, 0.2) is 13.2 Å². The van der Waals surface area contributed by atoms with E-state index in [4.69, 9.17) is 0 Å². The van der Waals surface area contributed by atoms with Gasteiger partial charge in [0.05, 0.1) is 0 Å². The minimum absolute atomic E-state index is 1.04. The first-order valence-corrected chi connectivity index (χ1v) is 4.89. The molecular weight excluding hydrogens is 132 g/mol. The molecule has 0 N–H and O–H groups in total. The Hall–Kier alpha value is -0.260.